The Morgan fingerprint density at radius 2 is 2.19 bits per heavy atom. The molecule has 0 heterocycles. The molecule has 88 valence electrons. The van der Waals surface area contributed by atoms with E-state index in [0.29, 0.717) is 13.0 Å². The van der Waals surface area contributed by atoms with Crippen LogP contribution in [0.2, 0.25) is 0 Å². The molecule has 0 bridgehead atoms. The molecule has 16 heavy (non-hydrogen) atoms. The molecule has 3 nitrogen and oxygen atoms in total. The lowest BCUT2D eigenvalue weighted by molar-refractivity contribution is -0.120. The summed E-state index contributed by atoms with van der Waals surface area (Å²) in [7, 11) is 1.66. The summed E-state index contributed by atoms with van der Waals surface area (Å²) in [5.74, 6) is 0.0731. The van der Waals surface area contributed by atoms with Crippen LogP contribution in [0.15, 0.2) is 24.3 Å². The van der Waals surface area contributed by atoms with E-state index in [1.54, 1.807) is 7.05 Å². The summed E-state index contributed by atoms with van der Waals surface area (Å²) in [5, 5.41) is 5.94. The minimum absolute atomic E-state index is 0.0731. The second-order valence-corrected chi connectivity index (χ2v) is 4.01. The van der Waals surface area contributed by atoms with Gasteiger partial charge in [-0.15, -0.1) is 0 Å². The van der Waals surface area contributed by atoms with E-state index in [-0.39, 0.29) is 11.9 Å². The van der Waals surface area contributed by atoms with E-state index in [1.807, 2.05) is 0 Å². The van der Waals surface area contributed by atoms with Crippen LogP contribution in [0.4, 0.5) is 0 Å². The van der Waals surface area contributed by atoms with Crippen LogP contribution in [-0.4, -0.2) is 19.5 Å². The number of carbonyl (C=O) groups is 1. The van der Waals surface area contributed by atoms with E-state index in [2.05, 4.69) is 48.7 Å². The van der Waals surface area contributed by atoms with Gasteiger partial charge in [-0.3, -0.25) is 4.79 Å². The number of hydrogen-bond acceptors (Lipinski definition) is 2. The monoisotopic (exact) mass is 220 g/mol. The van der Waals surface area contributed by atoms with Crippen LogP contribution in [0.1, 0.15) is 30.5 Å². The Labute approximate surface area is 97.2 Å². The standard InChI is InChI=1S/C13H20N2O/c1-10-5-4-6-12(9-10)11(2)15-8-7-13(16)14-3/h4-6,9,11,15H,7-8H2,1-3H3,(H,14,16)/t11-/m0/s1. The normalized spacial score (nSPS) is 12.2. The van der Waals surface area contributed by atoms with Crippen molar-refractivity contribution >= 4 is 5.91 Å². The molecule has 0 saturated heterocycles. The van der Waals surface area contributed by atoms with Gasteiger partial charge in [0.05, 0.1) is 0 Å². The topological polar surface area (TPSA) is 41.1 Å². The third-order valence-corrected chi connectivity index (χ3v) is 2.62. The molecule has 2 N–H and O–H groups in total. The fraction of sp³-hybridized carbons (Fsp3) is 0.462. The molecule has 0 spiro atoms. The largest absolute Gasteiger partial charge is 0.359 e. The van der Waals surface area contributed by atoms with Gasteiger partial charge in [0.1, 0.15) is 0 Å². The van der Waals surface area contributed by atoms with Crippen LogP contribution in [0, 0.1) is 6.92 Å². The quantitative estimate of drug-likeness (QED) is 0.794. The van der Waals surface area contributed by atoms with E-state index < -0.39 is 0 Å². The molecule has 0 saturated carbocycles. The van der Waals surface area contributed by atoms with Gasteiger partial charge in [0.25, 0.3) is 0 Å². The number of amides is 1. The van der Waals surface area contributed by atoms with Crippen molar-refractivity contribution in [1.82, 2.24) is 10.6 Å². The molecule has 0 aromatic heterocycles. The first-order valence-electron chi connectivity index (χ1n) is 5.64. The van der Waals surface area contributed by atoms with Crippen LogP contribution in [0.25, 0.3) is 0 Å². The van der Waals surface area contributed by atoms with Gasteiger partial charge in [-0.05, 0) is 19.4 Å². The highest BCUT2D eigenvalue weighted by molar-refractivity contribution is 5.75. The molecular formula is C13H20N2O. The zero-order valence-electron chi connectivity index (χ0n) is 10.2. The molecule has 1 rings (SSSR count). The summed E-state index contributed by atoms with van der Waals surface area (Å²) in [6.45, 7) is 4.90. The molecule has 0 aliphatic rings. The number of rotatable bonds is 5. The van der Waals surface area contributed by atoms with Gasteiger partial charge >= 0.3 is 0 Å². The summed E-state index contributed by atoms with van der Waals surface area (Å²) in [5.41, 5.74) is 2.52. The minimum atomic E-state index is 0.0731. The Morgan fingerprint density at radius 1 is 1.44 bits per heavy atom. The van der Waals surface area contributed by atoms with Gasteiger partial charge in [-0.2, -0.15) is 0 Å². The maximum absolute atomic E-state index is 11.0. The number of benzene rings is 1. The van der Waals surface area contributed by atoms with Crippen LogP contribution in [0.3, 0.4) is 0 Å². The number of aryl methyl sites for hydroxylation is 1. The predicted molar refractivity (Wildman–Crippen MR) is 66.3 cm³/mol. The van der Waals surface area contributed by atoms with Crippen molar-refractivity contribution < 1.29 is 4.79 Å². The van der Waals surface area contributed by atoms with E-state index in [4.69, 9.17) is 0 Å². The molecule has 0 aliphatic heterocycles. The van der Waals surface area contributed by atoms with Crippen molar-refractivity contribution in [3.63, 3.8) is 0 Å². The van der Waals surface area contributed by atoms with Gasteiger partial charge in [0.15, 0.2) is 0 Å². The fourth-order valence-electron chi connectivity index (χ4n) is 1.58. The molecule has 0 radical (unpaired) electrons. The Morgan fingerprint density at radius 3 is 2.81 bits per heavy atom. The highest BCUT2D eigenvalue weighted by Gasteiger charge is 2.05. The average Bonchev–Trinajstić information content (AvgIpc) is 2.28. The molecule has 1 amide bonds. The van der Waals surface area contributed by atoms with Gasteiger partial charge in [-0.1, -0.05) is 29.8 Å². The van der Waals surface area contributed by atoms with Crippen LogP contribution in [0.5, 0.6) is 0 Å². The van der Waals surface area contributed by atoms with E-state index in [1.165, 1.54) is 11.1 Å². The van der Waals surface area contributed by atoms with Crippen molar-refractivity contribution in [3.05, 3.63) is 35.4 Å². The lowest BCUT2D eigenvalue weighted by Gasteiger charge is -2.14. The third kappa shape index (κ3) is 4.03. The Kier molecular flexibility index (Phi) is 4.99. The zero-order chi connectivity index (χ0) is 12.0. The second kappa shape index (κ2) is 6.28. The number of hydrogen-bond donors (Lipinski definition) is 2. The van der Waals surface area contributed by atoms with Crippen LogP contribution in [-0.2, 0) is 4.79 Å². The Balaban J connectivity index is 2.40. The summed E-state index contributed by atoms with van der Waals surface area (Å²) in [6.07, 6.45) is 0.520. The molecular weight excluding hydrogens is 200 g/mol. The molecule has 0 fully saturated rings. The van der Waals surface area contributed by atoms with Crippen LogP contribution >= 0.6 is 0 Å². The third-order valence-electron chi connectivity index (χ3n) is 2.62. The van der Waals surface area contributed by atoms with Crippen molar-refractivity contribution in [2.45, 2.75) is 26.3 Å². The van der Waals surface area contributed by atoms with E-state index >= 15 is 0 Å². The molecule has 1 atom stereocenters. The van der Waals surface area contributed by atoms with Crippen LogP contribution < -0.4 is 10.6 Å². The highest BCUT2D eigenvalue weighted by Crippen LogP contribution is 2.13. The SMILES string of the molecule is CNC(=O)CCN[C@@H](C)c1cccc(C)c1. The lowest BCUT2D eigenvalue weighted by atomic mass is 10.1. The summed E-state index contributed by atoms with van der Waals surface area (Å²) in [6, 6.07) is 8.69. The Bertz CT molecular complexity index is 350. The maximum Gasteiger partial charge on any atom is 0.221 e. The fourth-order valence-corrected chi connectivity index (χ4v) is 1.58. The summed E-state index contributed by atoms with van der Waals surface area (Å²) in [4.78, 5) is 11.0. The van der Waals surface area contributed by atoms with Crippen molar-refractivity contribution in [1.29, 1.82) is 0 Å². The molecule has 0 aliphatic carbocycles. The van der Waals surface area contributed by atoms with Crippen molar-refractivity contribution in [2.24, 2.45) is 0 Å². The summed E-state index contributed by atoms with van der Waals surface area (Å²) >= 11 is 0. The van der Waals surface area contributed by atoms with E-state index in [0.717, 1.165) is 0 Å². The van der Waals surface area contributed by atoms with Crippen molar-refractivity contribution in [2.75, 3.05) is 13.6 Å². The molecule has 1 aromatic carbocycles. The van der Waals surface area contributed by atoms with Crippen molar-refractivity contribution in [3.8, 4) is 0 Å². The minimum Gasteiger partial charge on any atom is -0.359 e. The first kappa shape index (κ1) is 12.7. The number of nitrogens with one attached hydrogen (secondary N) is 2. The first-order chi connectivity index (χ1) is 7.63. The number of carbonyl (C=O) groups excluding carboxylic acids is 1. The summed E-state index contributed by atoms with van der Waals surface area (Å²) < 4.78 is 0. The maximum atomic E-state index is 11.0. The molecule has 1 aromatic rings. The second-order valence-electron chi connectivity index (χ2n) is 4.01. The average molecular weight is 220 g/mol. The van der Waals surface area contributed by atoms with Gasteiger partial charge in [0, 0.05) is 26.1 Å². The van der Waals surface area contributed by atoms with Gasteiger partial charge < -0.3 is 10.6 Å². The van der Waals surface area contributed by atoms with Gasteiger partial charge in [-0.25, -0.2) is 0 Å². The van der Waals surface area contributed by atoms with Gasteiger partial charge in [0.2, 0.25) is 5.91 Å². The smallest absolute Gasteiger partial charge is 0.221 e. The first-order valence-corrected chi connectivity index (χ1v) is 5.64. The van der Waals surface area contributed by atoms with E-state index in [9.17, 15) is 4.79 Å². The predicted octanol–water partition coefficient (Wildman–Crippen LogP) is 1.78. The highest BCUT2D eigenvalue weighted by atomic mass is 16.1. The molecule has 0 unspecified atom stereocenters. The zero-order valence-corrected chi connectivity index (χ0v) is 10.2. The lowest BCUT2D eigenvalue weighted by Crippen LogP contribution is -2.26. The molecule has 3 heteroatoms. The Hall–Kier alpha value is -1.35.